The van der Waals surface area contributed by atoms with Gasteiger partial charge in [0.25, 0.3) is 0 Å². The van der Waals surface area contributed by atoms with E-state index in [1.54, 1.807) is 6.92 Å². The number of rotatable bonds is 4. The van der Waals surface area contributed by atoms with Crippen LogP contribution in [0.4, 0.5) is 0 Å². The number of aliphatic hydroxyl groups excluding tert-OH is 1. The van der Waals surface area contributed by atoms with Gasteiger partial charge in [0.15, 0.2) is 0 Å². The zero-order valence-corrected chi connectivity index (χ0v) is 9.36. The molecule has 0 spiro atoms. The first-order valence-electron chi connectivity index (χ1n) is 5.42. The summed E-state index contributed by atoms with van der Waals surface area (Å²) in [5.41, 5.74) is 0. The molecule has 1 saturated heterocycles. The molecule has 0 bridgehead atoms. The van der Waals surface area contributed by atoms with E-state index in [9.17, 15) is 9.90 Å². The first-order valence-corrected chi connectivity index (χ1v) is 5.42. The number of hydrogen-bond donors (Lipinski definition) is 1. The van der Waals surface area contributed by atoms with E-state index in [2.05, 4.69) is 11.8 Å². The molecule has 3 atom stereocenters. The van der Waals surface area contributed by atoms with Gasteiger partial charge in [-0.2, -0.15) is 0 Å². The Hall–Kier alpha value is -0.410. The molecule has 0 aromatic carbocycles. The summed E-state index contributed by atoms with van der Waals surface area (Å²) >= 11 is 0. The van der Waals surface area contributed by atoms with Crippen LogP contribution in [0.2, 0.25) is 0 Å². The van der Waals surface area contributed by atoms with E-state index in [4.69, 9.17) is 0 Å². The second-order valence-corrected chi connectivity index (χ2v) is 4.54. The van der Waals surface area contributed by atoms with Crippen molar-refractivity contribution in [1.29, 1.82) is 0 Å². The highest BCUT2D eigenvalue weighted by Gasteiger charge is 2.28. The lowest BCUT2D eigenvalue weighted by Crippen LogP contribution is -2.33. The van der Waals surface area contributed by atoms with Gasteiger partial charge in [0.2, 0.25) is 0 Å². The number of ketones is 1. The third-order valence-corrected chi connectivity index (χ3v) is 3.14. The number of aliphatic hydroxyl groups is 1. The van der Waals surface area contributed by atoms with Gasteiger partial charge < -0.3 is 5.11 Å². The molecule has 1 aliphatic heterocycles. The number of nitrogens with zero attached hydrogens (tertiary/aromatic N) is 1. The van der Waals surface area contributed by atoms with Crippen LogP contribution in [0.3, 0.4) is 0 Å². The molecule has 1 heterocycles. The molecular formula is C11H21NO2. The van der Waals surface area contributed by atoms with Crippen molar-refractivity contribution < 1.29 is 9.90 Å². The Bertz CT molecular complexity index is 203. The molecule has 14 heavy (non-hydrogen) atoms. The molecule has 0 amide bonds. The fourth-order valence-corrected chi connectivity index (χ4v) is 2.15. The molecule has 1 N–H and O–H groups in total. The zero-order valence-electron chi connectivity index (χ0n) is 9.36. The molecule has 0 saturated carbocycles. The van der Waals surface area contributed by atoms with Gasteiger partial charge in [-0.1, -0.05) is 0 Å². The van der Waals surface area contributed by atoms with Gasteiger partial charge in [-0.3, -0.25) is 9.69 Å². The Labute approximate surface area is 86.1 Å². The van der Waals surface area contributed by atoms with Gasteiger partial charge in [-0.25, -0.2) is 0 Å². The fraction of sp³-hybridized carbons (Fsp3) is 0.909. The topological polar surface area (TPSA) is 40.5 Å². The molecule has 1 aliphatic rings. The monoisotopic (exact) mass is 199 g/mol. The van der Waals surface area contributed by atoms with Crippen LogP contribution >= 0.6 is 0 Å². The largest absolute Gasteiger partial charge is 0.393 e. The van der Waals surface area contributed by atoms with Crippen LogP contribution in [0, 0.1) is 5.92 Å². The predicted molar refractivity (Wildman–Crippen MR) is 56.1 cm³/mol. The Morgan fingerprint density at radius 1 is 1.57 bits per heavy atom. The normalized spacial score (nSPS) is 27.6. The molecule has 0 aromatic rings. The highest BCUT2D eigenvalue weighted by atomic mass is 16.3. The van der Waals surface area contributed by atoms with E-state index in [0.717, 1.165) is 19.5 Å². The highest BCUT2D eigenvalue weighted by Crippen LogP contribution is 2.22. The van der Waals surface area contributed by atoms with Crippen LogP contribution in [-0.4, -0.2) is 41.0 Å². The lowest BCUT2D eigenvalue weighted by molar-refractivity contribution is -0.118. The van der Waals surface area contributed by atoms with E-state index in [0.29, 0.717) is 18.4 Å². The molecule has 0 aliphatic carbocycles. The average Bonchev–Trinajstić information content (AvgIpc) is 2.50. The third kappa shape index (κ3) is 3.07. The Kier molecular flexibility index (Phi) is 4.08. The van der Waals surface area contributed by atoms with Crippen molar-refractivity contribution in [3.8, 4) is 0 Å². The molecule has 1 rings (SSSR count). The molecule has 1 fully saturated rings. The van der Waals surface area contributed by atoms with E-state index in [1.807, 2.05) is 6.92 Å². The summed E-state index contributed by atoms with van der Waals surface area (Å²) in [6.07, 6.45) is 1.47. The first kappa shape index (κ1) is 11.7. The predicted octanol–water partition coefficient (Wildman–Crippen LogP) is 1.06. The number of Topliss-reactive ketones (excluding diaryl/α,β-unsaturated/α-hetero) is 1. The summed E-state index contributed by atoms with van der Waals surface area (Å²) in [6, 6.07) is 0.330. The van der Waals surface area contributed by atoms with Gasteiger partial charge in [0.05, 0.1) is 6.10 Å². The van der Waals surface area contributed by atoms with Crippen LogP contribution < -0.4 is 0 Å². The van der Waals surface area contributed by atoms with Gasteiger partial charge in [-0.15, -0.1) is 0 Å². The molecular weight excluding hydrogens is 178 g/mol. The van der Waals surface area contributed by atoms with Crippen molar-refractivity contribution in [2.75, 3.05) is 13.1 Å². The Balaban J connectivity index is 2.37. The third-order valence-electron chi connectivity index (χ3n) is 3.14. The van der Waals surface area contributed by atoms with E-state index < -0.39 is 0 Å². The number of hydrogen-bond acceptors (Lipinski definition) is 3. The number of likely N-dealkylation sites (tertiary alicyclic amines) is 1. The van der Waals surface area contributed by atoms with Crippen molar-refractivity contribution in [2.45, 2.75) is 45.8 Å². The minimum atomic E-state index is -0.218. The van der Waals surface area contributed by atoms with Crippen molar-refractivity contribution in [3.05, 3.63) is 0 Å². The standard InChI is InChI=1S/C11H21NO2/c1-8(6-9(2)13)12-5-4-11(7-12)10(3)14/h8,10-11,14H,4-7H2,1-3H3. The molecule has 3 nitrogen and oxygen atoms in total. The summed E-state index contributed by atoms with van der Waals surface area (Å²) in [4.78, 5) is 13.3. The molecule has 0 aromatic heterocycles. The second kappa shape index (κ2) is 4.89. The van der Waals surface area contributed by atoms with Gasteiger partial charge in [-0.05, 0) is 39.7 Å². The minimum absolute atomic E-state index is 0.218. The molecule has 3 heteroatoms. The van der Waals surface area contributed by atoms with Crippen LogP contribution in [0.1, 0.15) is 33.6 Å². The SMILES string of the molecule is CC(=O)CC(C)N1CCC(C(C)O)C1. The molecule has 0 radical (unpaired) electrons. The Morgan fingerprint density at radius 2 is 2.21 bits per heavy atom. The molecule has 82 valence electrons. The van der Waals surface area contributed by atoms with Crippen LogP contribution in [0.25, 0.3) is 0 Å². The van der Waals surface area contributed by atoms with Crippen molar-refractivity contribution >= 4 is 5.78 Å². The number of carbonyl (C=O) groups is 1. The Morgan fingerprint density at radius 3 is 2.64 bits per heavy atom. The summed E-state index contributed by atoms with van der Waals surface area (Å²) < 4.78 is 0. The van der Waals surface area contributed by atoms with Gasteiger partial charge in [0.1, 0.15) is 5.78 Å². The summed E-state index contributed by atoms with van der Waals surface area (Å²) in [6.45, 7) is 7.53. The maximum atomic E-state index is 11.0. The fourth-order valence-electron chi connectivity index (χ4n) is 2.15. The van der Waals surface area contributed by atoms with E-state index >= 15 is 0 Å². The number of carbonyl (C=O) groups excluding carboxylic acids is 1. The quantitative estimate of drug-likeness (QED) is 0.736. The summed E-state index contributed by atoms with van der Waals surface area (Å²) in [7, 11) is 0. The van der Waals surface area contributed by atoms with Crippen LogP contribution in [-0.2, 0) is 4.79 Å². The van der Waals surface area contributed by atoms with Crippen LogP contribution in [0.5, 0.6) is 0 Å². The van der Waals surface area contributed by atoms with Crippen LogP contribution in [0.15, 0.2) is 0 Å². The second-order valence-electron chi connectivity index (χ2n) is 4.54. The maximum Gasteiger partial charge on any atom is 0.131 e. The van der Waals surface area contributed by atoms with Gasteiger partial charge in [0, 0.05) is 19.0 Å². The minimum Gasteiger partial charge on any atom is -0.393 e. The summed E-state index contributed by atoms with van der Waals surface area (Å²) in [5, 5.41) is 9.44. The average molecular weight is 199 g/mol. The molecule has 3 unspecified atom stereocenters. The van der Waals surface area contributed by atoms with Crippen molar-refractivity contribution in [3.63, 3.8) is 0 Å². The first-order chi connectivity index (χ1) is 6.50. The van der Waals surface area contributed by atoms with E-state index in [-0.39, 0.29) is 11.9 Å². The van der Waals surface area contributed by atoms with E-state index in [1.165, 1.54) is 0 Å². The van der Waals surface area contributed by atoms with Crippen molar-refractivity contribution in [2.24, 2.45) is 5.92 Å². The smallest absolute Gasteiger partial charge is 0.131 e. The highest BCUT2D eigenvalue weighted by molar-refractivity contribution is 5.76. The maximum absolute atomic E-state index is 11.0. The van der Waals surface area contributed by atoms with Gasteiger partial charge >= 0.3 is 0 Å². The lowest BCUT2D eigenvalue weighted by atomic mass is 10.0. The lowest BCUT2D eigenvalue weighted by Gasteiger charge is -2.23. The summed E-state index contributed by atoms with van der Waals surface area (Å²) in [5.74, 6) is 0.641. The van der Waals surface area contributed by atoms with Crippen molar-refractivity contribution in [1.82, 2.24) is 4.90 Å². The zero-order chi connectivity index (χ0) is 10.7.